The number of aryl methyl sites for hydroxylation is 1. The first-order chi connectivity index (χ1) is 33.7. The number of nitrogens with zero attached hydrogens (tertiary/aromatic N) is 5. The number of Topliss-reactive ketones (excluding diaryl/α,β-unsaturated/α-hetero) is 1. The lowest BCUT2D eigenvalue weighted by atomic mass is 9.77. The number of β-amino-alcohol motifs (C(OH)–C–C–N with tert-alkyl or cyclic N) is 1. The summed E-state index contributed by atoms with van der Waals surface area (Å²) in [7, 11) is 1.84. The molecule has 6 rings (SSSR count). The molecule has 1 aliphatic carbocycles. The van der Waals surface area contributed by atoms with Crippen molar-refractivity contribution < 1.29 is 43.2 Å². The Morgan fingerprint density at radius 1 is 0.943 bits per heavy atom. The molecule has 2 aromatic heterocycles. The second kappa shape index (κ2) is 27.0. The minimum Gasteiger partial charge on any atom is -0.494 e. The molecule has 17 nitrogen and oxygen atoms in total. The molecule has 70 heavy (non-hydrogen) atoms. The number of hydrogen-bond donors (Lipinski definition) is 4. The van der Waals surface area contributed by atoms with Crippen molar-refractivity contribution in [2.24, 2.45) is 17.3 Å². The highest BCUT2D eigenvalue weighted by molar-refractivity contribution is 9.10. The van der Waals surface area contributed by atoms with Gasteiger partial charge in [0, 0.05) is 76.4 Å². The largest absolute Gasteiger partial charge is 0.494 e. The number of nitrogens with one attached hydrogen (secondary N) is 3. The topological polar surface area (TPSA) is 207 Å². The van der Waals surface area contributed by atoms with Gasteiger partial charge in [0.15, 0.2) is 5.78 Å². The zero-order valence-corrected chi connectivity index (χ0v) is 43.4. The number of aromatic nitrogens is 3. The Labute approximate surface area is 423 Å². The number of ether oxygens (including phenoxy) is 4. The maximum Gasteiger partial charge on any atom is 0.243 e. The van der Waals surface area contributed by atoms with Crippen LogP contribution in [0, 0.1) is 24.2 Å². The summed E-state index contributed by atoms with van der Waals surface area (Å²) in [6.45, 7) is 11.4. The normalized spacial score (nSPS) is 16.4. The molecule has 1 saturated heterocycles. The Hall–Kier alpha value is -5.05. The number of hydrogen-bond acceptors (Lipinski definition) is 15. The van der Waals surface area contributed by atoms with Crippen molar-refractivity contribution in [3.8, 4) is 16.2 Å². The fourth-order valence-corrected chi connectivity index (χ4v) is 9.22. The second-order valence-electron chi connectivity index (χ2n) is 18.9. The summed E-state index contributed by atoms with van der Waals surface area (Å²) in [5, 5.41) is 20.0. The van der Waals surface area contributed by atoms with Crippen LogP contribution in [0.4, 0.5) is 17.5 Å². The molecular weight excluding hydrogens is 981 g/mol. The first-order valence-electron chi connectivity index (χ1n) is 24.2. The summed E-state index contributed by atoms with van der Waals surface area (Å²) < 4.78 is 23.6. The van der Waals surface area contributed by atoms with Gasteiger partial charge in [0.1, 0.15) is 24.2 Å². The van der Waals surface area contributed by atoms with E-state index in [4.69, 9.17) is 18.9 Å². The molecule has 380 valence electrons. The lowest BCUT2D eigenvalue weighted by Gasteiger charge is -2.34. The van der Waals surface area contributed by atoms with Gasteiger partial charge in [0.2, 0.25) is 23.7 Å². The van der Waals surface area contributed by atoms with Crippen LogP contribution in [0.5, 0.6) is 5.75 Å². The zero-order valence-electron chi connectivity index (χ0n) is 41.0. The van der Waals surface area contributed by atoms with Crippen LogP contribution in [0.15, 0.2) is 64.7 Å². The van der Waals surface area contributed by atoms with E-state index < -0.39 is 23.5 Å². The number of amides is 3. The number of likely N-dealkylation sites (N-methyl/N-ethyl adjacent to an activating group) is 1. The number of aliphatic hydroxyl groups is 1. The highest BCUT2D eigenvalue weighted by Crippen LogP contribution is 2.34. The van der Waals surface area contributed by atoms with Crippen LogP contribution in [0.1, 0.15) is 77.0 Å². The summed E-state index contributed by atoms with van der Waals surface area (Å²) in [6, 6.07) is 14.7. The molecule has 1 aliphatic heterocycles. The predicted octanol–water partition coefficient (Wildman–Crippen LogP) is 7.19. The zero-order chi connectivity index (χ0) is 50.0. The van der Waals surface area contributed by atoms with Crippen LogP contribution in [0.3, 0.4) is 0 Å². The van der Waals surface area contributed by atoms with Crippen LogP contribution in [0.2, 0.25) is 0 Å². The van der Waals surface area contributed by atoms with E-state index in [0.717, 1.165) is 69.7 Å². The van der Waals surface area contributed by atoms with Crippen molar-refractivity contribution >= 4 is 68.2 Å². The van der Waals surface area contributed by atoms with E-state index in [0.29, 0.717) is 51.3 Å². The molecule has 19 heteroatoms. The van der Waals surface area contributed by atoms with E-state index in [1.54, 1.807) is 22.4 Å². The molecule has 4 aromatic rings. The number of aliphatic hydroxyl groups excluding tert-OH is 1. The van der Waals surface area contributed by atoms with E-state index in [-0.39, 0.29) is 75.2 Å². The van der Waals surface area contributed by atoms with Crippen LogP contribution in [-0.2, 0) is 39.9 Å². The summed E-state index contributed by atoms with van der Waals surface area (Å²) >= 11 is 5.08. The van der Waals surface area contributed by atoms with Crippen LogP contribution in [-0.4, -0.2) is 138 Å². The number of carbonyl (C=O) groups excluding carboxylic acids is 4. The maximum atomic E-state index is 14.0. The van der Waals surface area contributed by atoms with Gasteiger partial charge in [-0.05, 0) is 89.3 Å². The number of benzene rings is 2. The number of thiazole rings is 1. The Balaban J connectivity index is 0.790. The molecule has 0 bridgehead atoms. The number of unbranched alkanes of at least 4 members (excludes halogenated alkanes) is 1. The minimum atomic E-state index is -0.841. The average Bonchev–Trinajstić information content (AvgIpc) is 3.94. The quantitative estimate of drug-likeness (QED) is 0.0416. The average molecular weight is 1050 g/mol. The Kier molecular flexibility index (Phi) is 20.9. The minimum absolute atomic E-state index is 0.0267. The first-order valence-corrected chi connectivity index (χ1v) is 25.9. The van der Waals surface area contributed by atoms with Gasteiger partial charge < -0.3 is 49.8 Å². The molecule has 0 spiro atoms. The molecule has 0 radical (unpaired) electrons. The third-order valence-corrected chi connectivity index (χ3v) is 14.0. The molecular formula is C51H69BrN8O9S. The Morgan fingerprint density at radius 2 is 1.64 bits per heavy atom. The molecule has 1 saturated carbocycles. The van der Waals surface area contributed by atoms with Crippen LogP contribution in [0.25, 0.3) is 10.4 Å². The van der Waals surface area contributed by atoms with Gasteiger partial charge in [-0.2, -0.15) is 4.98 Å². The standard InChI is InChI=1S/C51H69BrN8O9S/c1-34-45(70-33-56-34)36-13-11-35(12-14-36)29-54-47(63)44-28-39(61)31-60(44)49(65)42(51(2,3)4)27-40(62)32-68-26-25-67-24-23-66-21-6-7-22-69-41-17-15-38(16-18-41)57-50-55-30-43(52)46(58-50)53-19-20-59(5)48(64)37-9-8-10-37/h11-18,30,33,37,39,42,44,61H,6-10,19-29,31-32H2,1-5H3,(H,54,63)(H2,53,55,57,58)/t39-,42-,44+/m0/s1. The SMILES string of the molecule is Cc1ncsc1-c1ccc(CNC(=O)[C@H]2C[C@H](O)CN2C(=O)[C@H](CC(=O)COCCOCCOCCCCOc2ccc(Nc3ncc(Br)c(NCCN(C)C(=O)C4CCC4)n3)cc2)C(C)(C)C)cc1. The van der Waals surface area contributed by atoms with Crippen molar-refractivity contribution in [2.45, 2.75) is 91.3 Å². The van der Waals surface area contributed by atoms with Crippen molar-refractivity contribution in [3.63, 3.8) is 0 Å². The third kappa shape index (κ3) is 16.5. The third-order valence-electron chi connectivity index (χ3n) is 12.5. The van der Waals surface area contributed by atoms with E-state index in [1.807, 2.05) is 88.8 Å². The van der Waals surface area contributed by atoms with E-state index >= 15 is 0 Å². The molecule has 4 N–H and O–H groups in total. The summed E-state index contributed by atoms with van der Waals surface area (Å²) in [5.74, 6) is 0.624. The highest BCUT2D eigenvalue weighted by Gasteiger charge is 2.44. The van der Waals surface area contributed by atoms with Crippen molar-refractivity contribution in [3.05, 3.63) is 76.0 Å². The van der Waals surface area contributed by atoms with Crippen molar-refractivity contribution in [1.82, 2.24) is 30.1 Å². The molecule has 2 aromatic carbocycles. The van der Waals surface area contributed by atoms with Crippen LogP contribution < -0.4 is 20.7 Å². The predicted molar refractivity (Wildman–Crippen MR) is 273 cm³/mol. The van der Waals surface area contributed by atoms with E-state index in [9.17, 15) is 24.3 Å². The van der Waals surface area contributed by atoms with Gasteiger partial charge in [-0.25, -0.2) is 9.97 Å². The molecule has 3 heterocycles. The Morgan fingerprint density at radius 3 is 2.31 bits per heavy atom. The highest BCUT2D eigenvalue weighted by atomic mass is 79.9. The lowest BCUT2D eigenvalue weighted by Crippen LogP contribution is -2.50. The number of halogens is 1. The van der Waals surface area contributed by atoms with Gasteiger partial charge >= 0.3 is 0 Å². The van der Waals surface area contributed by atoms with Gasteiger partial charge in [-0.3, -0.25) is 19.2 Å². The summed E-state index contributed by atoms with van der Waals surface area (Å²) in [5.41, 5.74) is 4.98. The van der Waals surface area contributed by atoms with E-state index in [2.05, 4.69) is 46.8 Å². The number of likely N-dealkylation sites (tertiary alicyclic amines) is 1. The second-order valence-corrected chi connectivity index (χ2v) is 20.6. The first kappa shape index (κ1) is 54.3. The molecule has 3 atom stereocenters. The summed E-state index contributed by atoms with van der Waals surface area (Å²) in [6.07, 6.45) is 5.68. The van der Waals surface area contributed by atoms with Gasteiger partial charge in [-0.1, -0.05) is 51.5 Å². The van der Waals surface area contributed by atoms with Gasteiger partial charge in [0.25, 0.3) is 0 Å². The van der Waals surface area contributed by atoms with Crippen molar-refractivity contribution in [2.75, 3.05) is 83.6 Å². The smallest absolute Gasteiger partial charge is 0.243 e. The summed E-state index contributed by atoms with van der Waals surface area (Å²) in [4.78, 5) is 70.5. The number of carbonyl (C=O) groups is 4. The maximum absolute atomic E-state index is 14.0. The van der Waals surface area contributed by atoms with Gasteiger partial charge in [-0.15, -0.1) is 11.3 Å². The molecule has 2 fully saturated rings. The van der Waals surface area contributed by atoms with E-state index in [1.165, 1.54) is 4.90 Å². The lowest BCUT2D eigenvalue weighted by molar-refractivity contribution is -0.146. The Bertz CT molecular complexity index is 2310. The van der Waals surface area contributed by atoms with Crippen molar-refractivity contribution in [1.29, 1.82) is 0 Å². The molecule has 2 aliphatic rings. The number of ketones is 1. The van der Waals surface area contributed by atoms with Gasteiger partial charge in [0.05, 0.1) is 59.7 Å². The number of rotatable bonds is 28. The fraction of sp³-hybridized carbons (Fsp3) is 0.549. The van der Waals surface area contributed by atoms with Crippen LogP contribution >= 0.6 is 27.3 Å². The molecule has 0 unspecified atom stereocenters. The number of anilines is 3. The monoisotopic (exact) mass is 1050 g/mol. The fourth-order valence-electron chi connectivity index (χ4n) is 8.07. The molecule has 3 amide bonds.